The van der Waals surface area contributed by atoms with E-state index in [2.05, 4.69) is 0 Å². The van der Waals surface area contributed by atoms with E-state index >= 15 is 0 Å². The minimum atomic E-state index is -0.266. The van der Waals surface area contributed by atoms with Crippen LogP contribution in [0.2, 0.25) is 0 Å². The van der Waals surface area contributed by atoms with Gasteiger partial charge >= 0.3 is 5.91 Å². The van der Waals surface area contributed by atoms with Crippen LogP contribution < -0.4 is 0 Å². The first kappa shape index (κ1) is 5.41. The molecule has 1 aliphatic rings. The zero-order chi connectivity index (χ0) is 6.15. The summed E-state index contributed by atoms with van der Waals surface area (Å²) < 4.78 is 0.556. The zero-order valence-electron chi connectivity index (χ0n) is 4.76. The Morgan fingerprint density at radius 1 is 1.75 bits per heavy atom. The summed E-state index contributed by atoms with van der Waals surface area (Å²) in [6.45, 7) is 1.76. The van der Waals surface area contributed by atoms with Gasteiger partial charge in [0.1, 0.15) is 0 Å². The fraction of sp³-hybridized carbons (Fsp3) is 0.800. The number of rotatable bonds is 0. The molecular weight excluding hydrogens is 106 g/mol. The molecule has 1 aliphatic heterocycles. The third kappa shape index (κ3) is 0.638. The van der Waals surface area contributed by atoms with E-state index in [0.717, 1.165) is 6.42 Å². The molecule has 0 aromatic carbocycles. The van der Waals surface area contributed by atoms with Crippen LogP contribution in [0.1, 0.15) is 19.8 Å². The highest BCUT2D eigenvalue weighted by Gasteiger charge is 2.36. The van der Waals surface area contributed by atoms with Crippen molar-refractivity contribution in [1.29, 1.82) is 0 Å². The Kier molecular flexibility index (Phi) is 1.12. The van der Waals surface area contributed by atoms with Crippen molar-refractivity contribution in [2.45, 2.75) is 25.8 Å². The Morgan fingerprint density at radius 2 is 2.38 bits per heavy atom. The van der Waals surface area contributed by atoms with E-state index in [1.807, 2.05) is 0 Å². The third-order valence-electron chi connectivity index (χ3n) is 1.42. The first-order valence-electron chi connectivity index (χ1n) is 2.71. The van der Waals surface area contributed by atoms with E-state index in [1.54, 1.807) is 6.92 Å². The molecule has 1 fully saturated rings. The molecular formula is C5H8NO2+. The van der Waals surface area contributed by atoms with Crippen molar-refractivity contribution < 1.29 is 9.55 Å². The molecule has 1 unspecified atom stereocenters. The summed E-state index contributed by atoms with van der Waals surface area (Å²) in [6.07, 6.45) is 1.16. The van der Waals surface area contributed by atoms with E-state index in [9.17, 15) is 9.70 Å². The maximum atomic E-state index is 10.5. The number of amides is 1. The van der Waals surface area contributed by atoms with Gasteiger partial charge in [-0.1, -0.05) is 0 Å². The number of nitroso groups, excluding NO2 is 1. The summed E-state index contributed by atoms with van der Waals surface area (Å²) in [7, 11) is 0. The van der Waals surface area contributed by atoms with Crippen molar-refractivity contribution in [2.75, 3.05) is 0 Å². The third-order valence-corrected chi connectivity index (χ3v) is 1.42. The van der Waals surface area contributed by atoms with Gasteiger partial charge in [0.05, 0.1) is 11.2 Å². The molecule has 1 heterocycles. The molecule has 0 aromatic heterocycles. The molecule has 0 saturated carbocycles. The Balaban J connectivity index is 2.71. The van der Waals surface area contributed by atoms with Crippen LogP contribution in [0.4, 0.5) is 0 Å². The zero-order valence-corrected chi connectivity index (χ0v) is 4.76. The van der Waals surface area contributed by atoms with Crippen LogP contribution in [-0.2, 0) is 4.79 Å². The lowest BCUT2D eigenvalue weighted by atomic mass is 10.3. The van der Waals surface area contributed by atoms with Crippen LogP contribution in [0.15, 0.2) is 0 Å². The van der Waals surface area contributed by atoms with Gasteiger partial charge in [0.25, 0.3) is 0 Å². The molecule has 0 spiro atoms. The van der Waals surface area contributed by atoms with Gasteiger partial charge in [-0.2, -0.15) is 0 Å². The van der Waals surface area contributed by atoms with Gasteiger partial charge in [-0.25, -0.2) is 4.79 Å². The minimum absolute atomic E-state index is 0.0810. The van der Waals surface area contributed by atoms with E-state index in [4.69, 9.17) is 0 Å². The van der Waals surface area contributed by atoms with E-state index < -0.39 is 0 Å². The predicted octanol–water partition coefficient (Wildman–Crippen LogP) is 0.474. The van der Waals surface area contributed by atoms with Crippen LogP contribution in [-0.4, -0.2) is 16.7 Å². The molecule has 3 heteroatoms. The van der Waals surface area contributed by atoms with Gasteiger partial charge in [0, 0.05) is 18.3 Å². The van der Waals surface area contributed by atoms with E-state index in [-0.39, 0.29) is 11.9 Å². The van der Waals surface area contributed by atoms with Crippen LogP contribution in [0, 0.1) is 4.91 Å². The van der Waals surface area contributed by atoms with Crippen molar-refractivity contribution >= 4 is 5.91 Å². The molecule has 0 bridgehead atoms. The van der Waals surface area contributed by atoms with Gasteiger partial charge in [0.2, 0.25) is 6.04 Å². The lowest BCUT2D eigenvalue weighted by molar-refractivity contribution is -0.488. The SMILES string of the molecule is CC1CCC(=O)[N+]1=O. The maximum Gasteiger partial charge on any atom is 0.433 e. The fourth-order valence-corrected chi connectivity index (χ4v) is 0.806. The lowest BCUT2D eigenvalue weighted by Gasteiger charge is -1.81. The maximum absolute atomic E-state index is 10.5. The largest absolute Gasteiger partial charge is 0.433 e. The van der Waals surface area contributed by atoms with Gasteiger partial charge in [-0.15, -0.1) is 0 Å². The molecule has 1 rings (SSSR count). The molecule has 1 atom stereocenters. The van der Waals surface area contributed by atoms with Gasteiger partial charge in [-0.3, -0.25) is 0 Å². The summed E-state index contributed by atoms with van der Waals surface area (Å²) in [5.41, 5.74) is 0. The summed E-state index contributed by atoms with van der Waals surface area (Å²) in [5, 5.41) is 0. The first-order valence-corrected chi connectivity index (χ1v) is 2.71. The van der Waals surface area contributed by atoms with Crippen LogP contribution in [0.5, 0.6) is 0 Å². The number of carbonyl (C=O) groups is 1. The second-order valence-electron chi connectivity index (χ2n) is 2.11. The van der Waals surface area contributed by atoms with Crippen molar-refractivity contribution in [2.24, 2.45) is 0 Å². The van der Waals surface area contributed by atoms with Crippen LogP contribution >= 0.6 is 0 Å². The number of nitrogens with zero attached hydrogens (tertiary/aromatic N) is 1. The van der Waals surface area contributed by atoms with Gasteiger partial charge in [0.15, 0.2) is 0 Å². The van der Waals surface area contributed by atoms with E-state index in [0.29, 0.717) is 11.2 Å². The Hall–Kier alpha value is -0.730. The smallest absolute Gasteiger partial charge is 0.215 e. The summed E-state index contributed by atoms with van der Waals surface area (Å²) in [6, 6.07) is -0.0810. The molecule has 0 aliphatic carbocycles. The van der Waals surface area contributed by atoms with E-state index in [1.165, 1.54) is 0 Å². The van der Waals surface area contributed by atoms with Crippen molar-refractivity contribution in [3.05, 3.63) is 4.91 Å². The highest BCUT2D eigenvalue weighted by atomic mass is 16.3. The monoisotopic (exact) mass is 114 g/mol. The molecule has 44 valence electrons. The highest BCUT2D eigenvalue weighted by molar-refractivity contribution is 5.68. The van der Waals surface area contributed by atoms with Crippen molar-refractivity contribution in [1.82, 2.24) is 0 Å². The van der Waals surface area contributed by atoms with Gasteiger partial charge < -0.3 is 0 Å². The lowest BCUT2D eigenvalue weighted by Crippen LogP contribution is -2.15. The molecule has 0 N–H and O–H groups in total. The quantitative estimate of drug-likeness (QED) is 0.429. The summed E-state index contributed by atoms with van der Waals surface area (Å²) >= 11 is 0. The first-order chi connectivity index (χ1) is 3.72. The van der Waals surface area contributed by atoms with Crippen LogP contribution in [0.3, 0.4) is 0 Å². The van der Waals surface area contributed by atoms with Gasteiger partial charge in [-0.05, 0) is 0 Å². The Morgan fingerprint density at radius 3 is 2.50 bits per heavy atom. The molecule has 0 aromatic rings. The average molecular weight is 114 g/mol. The number of hydrogen-bond donors (Lipinski definition) is 0. The number of hydrogen-bond acceptors (Lipinski definition) is 2. The normalized spacial score (nSPS) is 29.4. The predicted molar refractivity (Wildman–Crippen MR) is 27.3 cm³/mol. The topological polar surface area (TPSA) is 37.1 Å². The van der Waals surface area contributed by atoms with Crippen LogP contribution in [0.25, 0.3) is 0 Å². The second-order valence-corrected chi connectivity index (χ2v) is 2.11. The average Bonchev–Trinajstić information content (AvgIpc) is 1.98. The second kappa shape index (κ2) is 1.65. The van der Waals surface area contributed by atoms with Crippen molar-refractivity contribution in [3.63, 3.8) is 0 Å². The fourth-order valence-electron chi connectivity index (χ4n) is 0.806. The molecule has 3 nitrogen and oxygen atoms in total. The molecule has 1 saturated heterocycles. The standard InChI is InChI=1S/C5H8NO2/c1-4-2-3-5(7)6(4)8/h4H,2-3H2,1H3/q+1. The summed E-state index contributed by atoms with van der Waals surface area (Å²) in [5.74, 6) is -0.266. The highest BCUT2D eigenvalue weighted by Crippen LogP contribution is 2.10. The van der Waals surface area contributed by atoms with Crippen molar-refractivity contribution in [3.8, 4) is 0 Å². The summed E-state index contributed by atoms with van der Waals surface area (Å²) in [4.78, 5) is 20.9. The number of carbonyl (C=O) groups excluding carboxylic acids is 1. The Bertz CT molecular complexity index is 141. The molecule has 0 radical (unpaired) electrons. The molecule has 8 heavy (non-hydrogen) atoms. The Labute approximate surface area is 47.3 Å². The minimum Gasteiger partial charge on any atom is -0.215 e. The molecule has 1 amide bonds.